The van der Waals surface area contributed by atoms with E-state index >= 15 is 0 Å². The number of halogens is 1. The van der Waals surface area contributed by atoms with E-state index in [1.165, 1.54) is 12.1 Å². The fraction of sp³-hybridized carbons (Fsp3) is 0.400. The van der Waals surface area contributed by atoms with E-state index in [4.69, 9.17) is 0 Å². The Labute approximate surface area is 151 Å². The fourth-order valence-electron chi connectivity index (χ4n) is 4.60. The highest BCUT2D eigenvalue weighted by molar-refractivity contribution is 5.94. The van der Waals surface area contributed by atoms with E-state index in [9.17, 15) is 14.0 Å². The molecule has 2 fully saturated rings. The van der Waals surface area contributed by atoms with Crippen LogP contribution in [0.1, 0.15) is 27.7 Å². The first-order chi connectivity index (χ1) is 12.4. The van der Waals surface area contributed by atoms with Gasteiger partial charge in [-0.05, 0) is 43.7 Å². The Morgan fingerprint density at radius 2 is 2.00 bits per heavy atom. The van der Waals surface area contributed by atoms with Gasteiger partial charge in [0.1, 0.15) is 5.82 Å². The minimum atomic E-state index is -0.259. The molecule has 1 aromatic carbocycles. The van der Waals surface area contributed by atoms with Gasteiger partial charge in [0.15, 0.2) is 0 Å². The molecule has 3 heterocycles. The van der Waals surface area contributed by atoms with Gasteiger partial charge in [0.2, 0.25) is 5.56 Å². The quantitative estimate of drug-likeness (QED) is 0.899. The van der Waals surface area contributed by atoms with Gasteiger partial charge in [0.05, 0.1) is 0 Å². The molecule has 0 radical (unpaired) electrons. The molecule has 1 amide bonds. The molecule has 1 N–H and O–H groups in total. The predicted molar refractivity (Wildman–Crippen MR) is 96.5 cm³/mol. The highest BCUT2D eigenvalue weighted by Gasteiger charge is 2.47. The first-order valence-corrected chi connectivity index (χ1v) is 8.88. The van der Waals surface area contributed by atoms with Crippen LogP contribution in [0.5, 0.6) is 0 Å². The lowest BCUT2D eigenvalue weighted by Gasteiger charge is -2.27. The maximum Gasteiger partial charge on any atom is 0.254 e. The second kappa shape index (κ2) is 6.36. The van der Waals surface area contributed by atoms with Crippen LogP contribution in [0.15, 0.2) is 41.2 Å². The number of amides is 1. The minimum Gasteiger partial charge on any atom is -0.338 e. The number of aryl methyl sites for hydroxylation is 1. The van der Waals surface area contributed by atoms with Gasteiger partial charge in [-0.1, -0.05) is 12.1 Å². The van der Waals surface area contributed by atoms with Crippen molar-refractivity contribution >= 4 is 5.91 Å². The van der Waals surface area contributed by atoms with Gasteiger partial charge in [0, 0.05) is 48.9 Å². The summed E-state index contributed by atoms with van der Waals surface area (Å²) in [4.78, 5) is 31.3. The van der Waals surface area contributed by atoms with Crippen LogP contribution in [0, 0.1) is 24.6 Å². The average Bonchev–Trinajstić information content (AvgIpc) is 3.09. The second-order valence-corrected chi connectivity index (χ2v) is 7.49. The summed E-state index contributed by atoms with van der Waals surface area (Å²) in [5.74, 6) is 0.299. The van der Waals surface area contributed by atoms with Gasteiger partial charge in [-0.3, -0.25) is 14.5 Å². The molecule has 5 nitrogen and oxygen atoms in total. The number of rotatable bonds is 2. The highest BCUT2D eigenvalue weighted by atomic mass is 19.1. The summed E-state index contributed by atoms with van der Waals surface area (Å²) in [5, 5.41) is 0. The first kappa shape index (κ1) is 17.0. The summed E-state index contributed by atoms with van der Waals surface area (Å²) in [5.41, 5.74) is 1.81. The first-order valence-electron chi connectivity index (χ1n) is 8.88. The molecule has 0 saturated carbocycles. The van der Waals surface area contributed by atoms with E-state index in [1.54, 1.807) is 25.1 Å². The zero-order valence-corrected chi connectivity index (χ0v) is 14.9. The normalized spacial score (nSPS) is 25.5. The molecule has 2 aromatic rings. The van der Waals surface area contributed by atoms with Gasteiger partial charge >= 0.3 is 0 Å². The molecule has 2 aliphatic heterocycles. The van der Waals surface area contributed by atoms with Crippen molar-refractivity contribution < 1.29 is 9.18 Å². The van der Waals surface area contributed by atoms with Gasteiger partial charge in [-0.15, -0.1) is 0 Å². The monoisotopic (exact) mass is 355 g/mol. The third kappa shape index (κ3) is 2.94. The Morgan fingerprint density at radius 3 is 2.73 bits per heavy atom. The number of fused-ring (bicyclic) bond motifs is 1. The van der Waals surface area contributed by atoms with Crippen LogP contribution in [0.4, 0.5) is 4.39 Å². The van der Waals surface area contributed by atoms with Crippen molar-refractivity contribution in [3.05, 3.63) is 69.4 Å². The summed E-state index contributed by atoms with van der Waals surface area (Å²) in [6, 6.07) is 9.92. The molecule has 26 heavy (non-hydrogen) atoms. The number of carbonyl (C=O) groups excluding carboxylic acids is 1. The van der Waals surface area contributed by atoms with Gasteiger partial charge < -0.3 is 9.88 Å². The van der Waals surface area contributed by atoms with Gasteiger partial charge in [-0.25, -0.2) is 4.39 Å². The van der Waals surface area contributed by atoms with Crippen molar-refractivity contribution in [1.82, 2.24) is 14.8 Å². The lowest BCUT2D eigenvalue weighted by atomic mass is 9.89. The average molecular weight is 355 g/mol. The SMILES string of the molecule is Cc1cc(C(=O)N2C[C@@H]3CN(C)[C@@H](c4cccc(F)c4)[C@@H]3C2)cc(=O)[nH]1. The topological polar surface area (TPSA) is 56.4 Å². The van der Waals surface area contributed by atoms with Gasteiger partial charge in [-0.2, -0.15) is 0 Å². The van der Waals surface area contributed by atoms with E-state index in [0.29, 0.717) is 30.3 Å². The number of hydrogen-bond donors (Lipinski definition) is 1. The zero-order chi connectivity index (χ0) is 18.4. The number of aromatic amines is 1. The molecule has 136 valence electrons. The minimum absolute atomic E-state index is 0.103. The largest absolute Gasteiger partial charge is 0.338 e. The van der Waals surface area contributed by atoms with Crippen molar-refractivity contribution in [2.24, 2.45) is 11.8 Å². The number of likely N-dealkylation sites (tertiary alicyclic amines) is 2. The van der Waals surface area contributed by atoms with Crippen molar-refractivity contribution in [1.29, 1.82) is 0 Å². The van der Waals surface area contributed by atoms with Crippen LogP contribution in [-0.4, -0.2) is 47.4 Å². The van der Waals surface area contributed by atoms with Crippen LogP contribution in [0.3, 0.4) is 0 Å². The Hall–Kier alpha value is -2.47. The standard InChI is InChI=1S/C20H22FN3O2/c1-12-6-14(8-18(25)22-12)20(26)24-10-15-9-23(2)19(17(15)11-24)13-4-3-5-16(21)7-13/h3-8,15,17,19H,9-11H2,1-2H3,(H,22,25)/t15-,17+,19-/m0/s1. The lowest BCUT2D eigenvalue weighted by molar-refractivity contribution is 0.0767. The second-order valence-electron chi connectivity index (χ2n) is 7.49. The van der Waals surface area contributed by atoms with E-state index < -0.39 is 0 Å². The van der Waals surface area contributed by atoms with Crippen molar-refractivity contribution in [2.75, 3.05) is 26.7 Å². The third-order valence-electron chi connectivity index (χ3n) is 5.60. The van der Waals surface area contributed by atoms with Gasteiger partial charge in [0.25, 0.3) is 5.91 Å². The molecular formula is C20H22FN3O2. The molecule has 0 spiro atoms. The highest BCUT2D eigenvalue weighted by Crippen LogP contribution is 2.44. The molecular weight excluding hydrogens is 333 g/mol. The molecule has 6 heteroatoms. The molecule has 2 saturated heterocycles. The van der Waals surface area contributed by atoms with E-state index in [-0.39, 0.29) is 29.2 Å². The molecule has 2 aliphatic rings. The van der Waals surface area contributed by atoms with Crippen molar-refractivity contribution in [2.45, 2.75) is 13.0 Å². The number of pyridine rings is 1. The summed E-state index contributed by atoms with van der Waals surface area (Å²) in [7, 11) is 2.06. The Bertz CT molecular complexity index is 910. The van der Waals surface area contributed by atoms with E-state index in [0.717, 1.165) is 12.1 Å². The molecule has 1 aromatic heterocycles. The van der Waals surface area contributed by atoms with Crippen LogP contribution in [0.25, 0.3) is 0 Å². The van der Waals surface area contributed by atoms with E-state index in [1.807, 2.05) is 11.0 Å². The zero-order valence-electron chi connectivity index (χ0n) is 14.9. The molecule has 4 rings (SSSR count). The number of nitrogens with one attached hydrogen (secondary N) is 1. The molecule has 0 unspecified atom stereocenters. The summed E-state index contributed by atoms with van der Waals surface area (Å²) >= 11 is 0. The third-order valence-corrected chi connectivity index (χ3v) is 5.60. The number of H-pyrrole nitrogens is 1. The smallest absolute Gasteiger partial charge is 0.254 e. The lowest BCUT2D eigenvalue weighted by Crippen LogP contribution is -2.34. The van der Waals surface area contributed by atoms with Crippen molar-refractivity contribution in [3.8, 4) is 0 Å². The Balaban J connectivity index is 1.57. The summed E-state index contributed by atoms with van der Waals surface area (Å²) < 4.78 is 13.7. The van der Waals surface area contributed by atoms with Crippen LogP contribution in [0.2, 0.25) is 0 Å². The molecule has 3 atom stereocenters. The van der Waals surface area contributed by atoms with Crippen LogP contribution in [-0.2, 0) is 0 Å². The Morgan fingerprint density at radius 1 is 1.19 bits per heavy atom. The van der Waals surface area contributed by atoms with E-state index in [2.05, 4.69) is 16.9 Å². The molecule has 0 aliphatic carbocycles. The summed E-state index contributed by atoms with van der Waals surface area (Å²) in [6.45, 7) is 3.95. The van der Waals surface area contributed by atoms with Crippen LogP contribution >= 0.6 is 0 Å². The maximum atomic E-state index is 13.7. The number of carbonyl (C=O) groups is 1. The van der Waals surface area contributed by atoms with Crippen LogP contribution < -0.4 is 5.56 Å². The summed E-state index contributed by atoms with van der Waals surface area (Å²) in [6.07, 6.45) is 0. The number of nitrogens with zero attached hydrogens (tertiary/aromatic N) is 2. The van der Waals surface area contributed by atoms with Crippen molar-refractivity contribution in [3.63, 3.8) is 0 Å². The number of aromatic nitrogens is 1. The number of benzene rings is 1. The fourth-order valence-corrected chi connectivity index (χ4v) is 4.60. The Kier molecular flexibility index (Phi) is 4.15. The predicted octanol–water partition coefficient (Wildman–Crippen LogP) is 2.20. The molecule has 0 bridgehead atoms. The number of hydrogen-bond acceptors (Lipinski definition) is 3. The maximum absolute atomic E-state index is 13.7.